The van der Waals surface area contributed by atoms with Crippen LogP contribution >= 0.6 is 17.6 Å². The molecular weight excluding hydrogens is 398 g/mol. The second kappa shape index (κ2) is 6.70. The summed E-state index contributed by atoms with van der Waals surface area (Å²) in [5, 5.41) is 0. The zero-order chi connectivity index (χ0) is 13.2. The first-order valence-electron chi connectivity index (χ1n) is 5.55. The minimum atomic E-state index is -1.25. The Morgan fingerprint density at radius 3 is 0.812 bits per heavy atom. The number of hydrogen-bond acceptors (Lipinski definition) is 3. The molecule has 0 aromatic heterocycles. The van der Waals surface area contributed by atoms with E-state index in [2.05, 4.69) is 79.9 Å². The first-order chi connectivity index (χ1) is 6.79. The normalized spacial score (nSPS) is 15.2. The Morgan fingerprint density at radius 2 is 0.688 bits per heavy atom. The van der Waals surface area contributed by atoms with Gasteiger partial charge in [-0.15, -0.1) is 0 Å². The van der Waals surface area contributed by atoms with Crippen molar-refractivity contribution in [2.45, 2.75) is 76.6 Å². The molecule has 0 aromatic carbocycles. The van der Waals surface area contributed by atoms with Gasteiger partial charge >= 0.3 is 122 Å². The molecule has 0 atom stereocenters. The summed E-state index contributed by atoms with van der Waals surface area (Å²) in [6.45, 7) is 21.1. The van der Waals surface area contributed by atoms with Gasteiger partial charge in [0, 0.05) is 0 Å². The number of rotatable bonds is 3. The van der Waals surface area contributed by atoms with Crippen LogP contribution in [0.15, 0.2) is 0 Å². The molecule has 0 aromatic rings. The average Bonchev–Trinajstić information content (AvgIpc) is 1.70. The van der Waals surface area contributed by atoms with Gasteiger partial charge in [0.2, 0.25) is 0 Å². The molecule has 0 nitrogen and oxygen atoms in total. The van der Waals surface area contributed by atoms with E-state index in [0.717, 1.165) is 0 Å². The fraction of sp³-hybridized carbons (Fsp3) is 1.00. The van der Waals surface area contributed by atoms with E-state index in [-0.39, 0.29) is 0 Å². The van der Waals surface area contributed by atoms with Crippen molar-refractivity contribution in [3.8, 4) is 0 Å². The molecule has 0 rings (SSSR count). The van der Waals surface area contributed by atoms with Gasteiger partial charge in [-0.1, -0.05) is 0 Å². The summed E-state index contributed by atoms with van der Waals surface area (Å²) in [6, 6.07) is 0. The second-order valence-corrected chi connectivity index (χ2v) is 26.6. The predicted molar refractivity (Wildman–Crippen MR) is 82.0 cm³/mol. The van der Waals surface area contributed by atoms with Crippen molar-refractivity contribution >= 4 is 17.6 Å². The van der Waals surface area contributed by atoms with Gasteiger partial charge in [-0.25, -0.2) is 0 Å². The van der Waals surface area contributed by atoms with E-state index in [1.807, 2.05) is 0 Å². The molecule has 0 fully saturated rings. The molecule has 0 radical (unpaired) electrons. The van der Waals surface area contributed by atoms with Crippen molar-refractivity contribution in [2.75, 3.05) is 0 Å². The van der Waals surface area contributed by atoms with Crippen molar-refractivity contribution in [1.82, 2.24) is 0 Å². The Morgan fingerprint density at radius 1 is 0.500 bits per heavy atom. The Balaban J connectivity index is 4.53. The summed E-state index contributed by atoms with van der Waals surface area (Å²) in [7, 11) is 0. The molecular formula is C12H27GdS3. The fourth-order valence-corrected chi connectivity index (χ4v) is 38.3. The topological polar surface area (TPSA) is 0 Å². The molecule has 0 aliphatic carbocycles. The van der Waals surface area contributed by atoms with Crippen LogP contribution < -0.4 is 0 Å². The molecule has 0 aliphatic rings. The van der Waals surface area contributed by atoms with E-state index in [0.29, 0.717) is 14.2 Å². The van der Waals surface area contributed by atoms with Crippen LogP contribution in [-0.4, -0.2) is 14.2 Å². The van der Waals surface area contributed by atoms with Crippen molar-refractivity contribution in [2.24, 2.45) is 0 Å². The van der Waals surface area contributed by atoms with Crippen molar-refractivity contribution < 1.29 is 28.1 Å². The van der Waals surface area contributed by atoms with E-state index in [9.17, 15) is 0 Å². The van der Waals surface area contributed by atoms with Crippen LogP contribution in [0, 0.1) is 28.1 Å². The average molecular weight is 425 g/mol. The fourth-order valence-electron chi connectivity index (χ4n) is 0.575. The zero-order valence-corrected chi connectivity index (χ0v) is 16.8. The molecule has 0 spiro atoms. The molecule has 0 heterocycles. The quantitative estimate of drug-likeness (QED) is 0.549. The second-order valence-electron chi connectivity index (χ2n) is 6.73. The summed E-state index contributed by atoms with van der Waals surface area (Å²) in [6.07, 6.45) is 0. The van der Waals surface area contributed by atoms with Gasteiger partial charge in [0.1, 0.15) is 0 Å². The van der Waals surface area contributed by atoms with E-state index in [1.54, 1.807) is 0 Å². The molecule has 0 N–H and O–H groups in total. The third-order valence-electron chi connectivity index (χ3n) is 0.826. The molecule has 0 amide bonds. The monoisotopic (exact) mass is 425 g/mol. The summed E-state index contributed by atoms with van der Waals surface area (Å²) in [4.78, 5) is 0. The van der Waals surface area contributed by atoms with Crippen molar-refractivity contribution in [3.63, 3.8) is 0 Å². The van der Waals surface area contributed by atoms with Crippen LogP contribution in [0.2, 0.25) is 0 Å². The first kappa shape index (κ1) is 18.4. The van der Waals surface area contributed by atoms with Crippen LogP contribution in [0.5, 0.6) is 0 Å². The number of hydrogen-bond donors (Lipinski definition) is 0. The van der Waals surface area contributed by atoms with Crippen molar-refractivity contribution in [1.29, 1.82) is 0 Å². The molecule has 101 valence electrons. The summed E-state index contributed by atoms with van der Waals surface area (Å²) in [5.74, 6) is 6.77. The van der Waals surface area contributed by atoms with E-state index in [4.69, 9.17) is 0 Å². The maximum absolute atomic E-state index is 2.35. The van der Waals surface area contributed by atoms with E-state index >= 15 is 0 Å². The minimum absolute atomic E-state index is 0.413. The van der Waals surface area contributed by atoms with Crippen LogP contribution in [0.4, 0.5) is 0 Å². The predicted octanol–water partition coefficient (Wildman–Crippen LogP) is 5.95. The van der Waals surface area contributed by atoms with Gasteiger partial charge in [0.15, 0.2) is 0 Å². The van der Waals surface area contributed by atoms with Crippen molar-refractivity contribution in [3.05, 3.63) is 0 Å². The van der Waals surface area contributed by atoms with E-state index < -0.39 is 28.1 Å². The van der Waals surface area contributed by atoms with Crippen LogP contribution in [0.25, 0.3) is 0 Å². The maximum atomic E-state index is 2.35. The Labute approximate surface area is 120 Å². The van der Waals surface area contributed by atoms with Gasteiger partial charge < -0.3 is 0 Å². The summed E-state index contributed by atoms with van der Waals surface area (Å²) in [5.41, 5.74) is 0. The molecule has 0 saturated carbocycles. The van der Waals surface area contributed by atoms with Gasteiger partial charge in [0.05, 0.1) is 0 Å². The van der Waals surface area contributed by atoms with Gasteiger partial charge in [-0.3, -0.25) is 0 Å². The molecule has 0 unspecified atom stereocenters. The zero-order valence-electron chi connectivity index (χ0n) is 12.1. The Hall–Kier alpha value is 2.37. The molecule has 0 aliphatic heterocycles. The first-order valence-corrected chi connectivity index (χ1v) is 16.0. The molecule has 0 bridgehead atoms. The third-order valence-corrected chi connectivity index (χ3v) is 26.2. The van der Waals surface area contributed by atoms with Crippen LogP contribution in [-0.2, 0) is 0 Å². The Bertz CT molecular complexity index is 170. The molecule has 16 heavy (non-hydrogen) atoms. The SMILES string of the molecule is CC(C)(C)[S][Gd]([S]C(C)(C)C)[S]C(C)(C)C. The summed E-state index contributed by atoms with van der Waals surface area (Å²) >= 11 is -1.25. The van der Waals surface area contributed by atoms with Gasteiger partial charge in [0.25, 0.3) is 0 Å². The standard InChI is InChI=1S/3C4H10S.Gd/c3*1-4(2,3)5;/h3*5H,1-3H3;/q;;;+3/p-3. The Kier molecular flexibility index (Phi) is 7.69. The van der Waals surface area contributed by atoms with E-state index in [1.165, 1.54) is 0 Å². The van der Waals surface area contributed by atoms with Crippen LogP contribution in [0.3, 0.4) is 0 Å². The van der Waals surface area contributed by atoms with Gasteiger partial charge in [-0.05, 0) is 0 Å². The summed E-state index contributed by atoms with van der Waals surface area (Å²) < 4.78 is 1.24. The van der Waals surface area contributed by atoms with Gasteiger partial charge in [-0.2, -0.15) is 0 Å². The molecule has 0 saturated heterocycles. The molecule has 4 heteroatoms. The van der Waals surface area contributed by atoms with Crippen LogP contribution in [0.1, 0.15) is 62.3 Å². The third kappa shape index (κ3) is 12.8.